The molecule has 1 aliphatic heterocycles. The minimum Gasteiger partial charge on any atom is -0.493 e. The standard InChI is InChI=1S/C27H31N5O5/c1-18-15-24(32-11-13-37-14-12-32)31-27(28-18)30-21-8-6-20(7-9-21)29-25(33)10-5-19-16-22(34-2)26(36-4)23(17-19)35-3/h5-10,15-17H,11-14H2,1-4H3,(H,29,33)(H,28,30,31)/b10-5+. The third-order valence-corrected chi connectivity index (χ3v) is 5.70. The van der Waals surface area contributed by atoms with E-state index in [1.165, 1.54) is 6.08 Å². The predicted octanol–water partition coefficient (Wildman–Crippen LogP) is 4.04. The molecule has 0 unspecified atom stereocenters. The Bertz CT molecular complexity index is 1230. The molecule has 4 rings (SSSR count). The van der Waals surface area contributed by atoms with Crippen LogP contribution in [0.5, 0.6) is 17.2 Å². The molecule has 1 aromatic heterocycles. The highest BCUT2D eigenvalue weighted by molar-refractivity contribution is 6.02. The molecule has 37 heavy (non-hydrogen) atoms. The number of morpholine rings is 1. The Morgan fingerprint density at radius 2 is 1.59 bits per heavy atom. The summed E-state index contributed by atoms with van der Waals surface area (Å²) in [6.45, 7) is 4.94. The van der Waals surface area contributed by atoms with Gasteiger partial charge in [0, 0.05) is 42.3 Å². The van der Waals surface area contributed by atoms with Crippen molar-refractivity contribution in [1.29, 1.82) is 0 Å². The maximum atomic E-state index is 12.5. The molecule has 3 aromatic rings. The van der Waals surface area contributed by atoms with E-state index in [0.717, 1.165) is 35.9 Å². The van der Waals surface area contributed by atoms with Crippen molar-refractivity contribution in [2.45, 2.75) is 6.92 Å². The van der Waals surface area contributed by atoms with E-state index in [9.17, 15) is 4.79 Å². The zero-order valence-corrected chi connectivity index (χ0v) is 21.4. The van der Waals surface area contributed by atoms with Crippen molar-refractivity contribution in [1.82, 2.24) is 9.97 Å². The number of aromatic nitrogens is 2. The Hall–Kier alpha value is -4.31. The Labute approximate surface area is 216 Å². The quantitative estimate of drug-likeness (QED) is 0.417. The molecule has 2 N–H and O–H groups in total. The molecule has 1 fully saturated rings. The lowest BCUT2D eigenvalue weighted by molar-refractivity contribution is -0.111. The van der Waals surface area contributed by atoms with Crippen molar-refractivity contribution < 1.29 is 23.7 Å². The first-order valence-electron chi connectivity index (χ1n) is 11.8. The molecule has 0 spiro atoms. The molecule has 2 aromatic carbocycles. The van der Waals surface area contributed by atoms with Gasteiger partial charge in [-0.05, 0) is 55.0 Å². The number of carbonyl (C=O) groups is 1. The molecule has 1 aliphatic rings. The van der Waals surface area contributed by atoms with E-state index in [1.54, 1.807) is 39.5 Å². The van der Waals surface area contributed by atoms with Crippen LogP contribution in [0.3, 0.4) is 0 Å². The van der Waals surface area contributed by atoms with Crippen LogP contribution in [0.4, 0.5) is 23.1 Å². The largest absolute Gasteiger partial charge is 0.493 e. The Morgan fingerprint density at radius 1 is 0.946 bits per heavy atom. The van der Waals surface area contributed by atoms with Crippen LogP contribution in [0.2, 0.25) is 0 Å². The van der Waals surface area contributed by atoms with Gasteiger partial charge in [0.1, 0.15) is 5.82 Å². The van der Waals surface area contributed by atoms with Crippen LogP contribution >= 0.6 is 0 Å². The van der Waals surface area contributed by atoms with Crippen LogP contribution < -0.4 is 29.7 Å². The van der Waals surface area contributed by atoms with Crippen LogP contribution in [0, 0.1) is 6.92 Å². The Morgan fingerprint density at radius 3 is 2.22 bits per heavy atom. The van der Waals surface area contributed by atoms with Crippen LogP contribution in [0.25, 0.3) is 6.08 Å². The molecule has 0 atom stereocenters. The number of carbonyl (C=O) groups excluding carboxylic acids is 1. The van der Waals surface area contributed by atoms with Gasteiger partial charge in [0.15, 0.2) is 11.5 Å². The molecule has 1 amide bonds. The number of methoxy groups -OCH3 is 3. The molecule has 0 bridgehead atoms. The molecule has 0 saturated carbocycles. The van der Waals surface area contributed by atoms with E-state index in [0.29, 0.717) is 42.1 Å². The summed E-state index contributed by atoms with van der Waals surface area (Å²) in [5.41, 5.74) is 3.08. The lowest BCUT2D eigenvalue weighted by Gasteiger charge is -2.28. The number of nitrogens with one attached hydrogen (secondary N) is 2. The van der Waals surface area contributed by atoms with Gasteiger partial charge in [-0.25, -0.2) is 4.98 Å². The maximum Gasteiger partial charge on any atom is 0.248 e. The van der Waals surface area contributed by atoms with Crippen LogP contribution in [-0.4, -0.2) is 63.5 Å². The highest BCUT2D eigenvalue weighted by atomic mass is 16.5. The van der Waals surface area contributed by atoms with Crippen molar-refractivity contribution in [2.24, 2.45) is 0 Å². The van der Waals surface area contributed by atoms with Gasteiger partial charge < -0.3 is 34.5 Å². The lowest BCUT2D eigenvalue weighted by Crippen LogP contribution is -2.36. The molecule has 1 saturated heterocycles. The van der Waals surface area contributed by atoms with E-state index in [1.807, 2.05) is 37.3 Å². The average molecular weight is 506 g/mol. The minimum atomic E-state index is -0.272. The third-order valence-electron chi connectivity index (χ3n) is 5.70. The van der Waals surface area contributed by atoms with Gasteiger partial charge in [-0.1, -0.05) is 0 Å². The summed E-state index contributed by atoms with van der Waals surface area (Å²) in [5, 5.41) is 6.10. The van der Waals surface area contributed by atoms with Crippen molar-refractivity contribution in [3.63, 3.8) is 0 Å². The summed E-state index contributed by atoms with van der Waals surface area (Å²) < 4.78 is 21.5. The lowest BCUT2D eigenvalue weighted by atomic mass is 10.1. The maximum absolute atomic E-state index is 12.5. The second-order valence-electron chi connectivity index (χ2n) is 8.27. The van der Waals surface area contributed by atoms with Crippen molar-refractivity contribution >= 4 is 35.1 Å². The fourth-order valence-corrected chi connectivity index (χ4v) is 3.88. The van der Waals surface area contributed by atoms with Gasteiger partial charge in [-0.3, -0.25) is 4.79 Å². The molecule has 194 valence electrons. The van der Waals surface area contributed by atoms with E-state index in [-0.39, 0.29) is 5.91 Å². The number of nitrogens with zero attached hydrogens (tertiary/aromatic N) is 3. The molecule has 0 radical (unpaired) electrons. The van der Waals surface area contributed by atoms with Gasteiger partial charge in [0.2, 0.25) is 17.6 Å². The molecule has 0 aliphatic carbocycles. The Balaban J connectivity index is 1.39. The third kappa shape index (κ3) is 6.68. The second-order valence-corrected chi connectivity index (χ2v) is 8.27. The zero-order chi connectivity index (χ0) is 26.2. The van der Waals surface area contributed by atoms with Crippen molar-refractivity contribution in [2.75, 3.05) is 63.2 Å². The van der Waals surface area contributed by atoms with Gasteiger partial charge in [0.25, 0.3) is 0 Å². The molecule has 10 nitrogen and oxygen atoms in total. The Kier molecular flexibility index (Phi) is 8.42. The molecule has 2 heterocycles. The highest BCUT2D eigenvalue weighted by Gasteiger charge is 2.15. The smallest absolute Gasteiger partial charge is 0.248 e. The predicted molar refractivity (Wildman–Crippen MR) is 143 cm³/mol. The second kappa shape index (κ2) is 12.1. The summed E-state index contributed by atoms with van der Waals surface area (Å²) in [6.07, 6.45) is 3.12. The number of hydrogen-bond acceptors (Lipinski definition) is 9. The van der Waals surface area contributed by atoms with Crippen molar-refractivity contribution in [3.05, 3.63) is 59.8 Å². The normalized spacial score (nSPS) is 13.4. The summed E-state index contributed by atoms with van der Waals surface area (Å²) in [6, 6.07) is 12.9. The molecular formula is C27H31N5O5. The SMILES string of the molecule is COc1cc(/C=C/C(=O)Nc2ccc(Nc3nc(C)cc(N4CCOCC4)n3)cc2)cc(OC)c1OC. The first kappa shape index (κ1) is 25.8. The van der Waals surface area contributed by atoms with Crippen LogP contribution in [0.1, 0.15) is 11.3 Å². The van der Waals surface area contributed by atoms with Crippen LogP contribution in [0.15, 0.2) is 48.5 Å². The van der Waals surface area contributed by atoms with Gasteiger partial charge in [-0.2, -0.15) is 4.98 Å². The number of amides is 1. The minimum absolute atomic E-state index is 0.272. The van der Waals surface area contributed by atoms with Gasteiger partial charge >= 0.3 is 0 Å². The fraction of sp³-hybridized carbons (Fsp3) is 0.296. The number of aryl methyl sites for hydroxylation is 1. The summed E-state index contributed by atoms with van der Waals surface area (Å²) in [4.78, 5) is 23.8. The van der Waals surface area contributed by atoms with E-state index in [2.05, 4.69) is 25.5 Å². The molecule has 10 heteroatoms. The van der Waals surface area contributed by atoms with Gasteiger partial charge in [-0.15, -0.1) is 0 Å². The van der Waals surface area contributed by atoms with Crippen LogP contribution in [-0.2, 0) is 9.53 Å². The van der Waals surface area contributed by atoms with Crippen molar-refractivity contribution in [3.8, 4) is 17.2 Å². The number of rotatable bonds is 9. The number of anilines is 4. The highest BCUT2D eigenvalue weighted by Crippen LogP contribution is 2.38. The first-order valence-corrected chi connectivity index (χ1v) is 11.8. The number of ether oxygens (including phenoxy) is 4. The fourth-order valence-electron chi connectivity index (χ4n) is 3.88. The monoisotopic (exact) mass is 505 g/mol. The number of hydrogen-bond donors (Lipinski definition) is 2. The van der Waals surface area contributed by atoms with E-state index < -0.39 is 0 Å². The first-order chi connectivity index (χ1) is 18.0. The van der Waals surface area contributed by atoms with E-state index >= 15 is 0 Å². The summed E-state index contributed by atoms with van der Waals surface area (Å²) in [7, 11) is 4.63. The number of benzene rings is 2. The van der Waals surface area contributed by atoms with E-state index in [4.69, 9.17) is 18.9 Å². The van der Waals surface area contributed by atoms with Gasteiger partial charge in [0.05, 0.1) is 34.5 Å². The zero-order valence-electron chi connectivity index (χ0n) is 21.4. The average Bonchev–Trinajstić information content (AvgIpc) is 2.92. The topological polar surface area (TPSA) is 107 Å². The molecular weight excluding hydrogens is 474 g/mol. The summed E-state index contributed by atoms with van der Waals surface area (Å²) in [5.74, 6) is 2.65. The summed E-state index contributed by atoms with van der Waals surface area (Å²) >= 11 is 0.